The van der Waals surface area contributed by atoms with Gasteiger partial charge in [-0.25, -0.2) is 14.2 Å². The van der Waals surface area contributed by atoms with Gasteiger partial charge in [0.05, 0.1) is 5.56 Å². The summed E-state index contributed by atoms with van der Waals surface area (Å²) in [7, 11) is 0. The normalized spacial score (nSPS) is 11.5. The molecule has 5 rings (SSSR count). The molecule has 2 amide bonds. The summed E-state index contributed by atoms with van der Waals surface area (Å²) in [6.45, 7) is 4.09. The summed E-state index contributed by atoms with van der Waals surface area (Å²) >= 11 is 6.21. The molecular formula is C31H25ClFN5O4. The van der Waals surface area contributed by atoms with E-state index in [1.165, 1.54) is 12.1 Å². The van der Waals surface area contributed by atoms with Gasteiger partial charge in [0.2, 0.25) is 5.82 Å². The van der Waals surface area contributed by atoms with Crippen molar-refractivity contribution in [2.45, 2.75) is 26.5 Å². The zero-order chi connectivity index (χ0) is 29.6. The quantitative estimate of drug-likeness (QED) is 0.145. The van der Waals surface area contributed by atoms with Gasteiger partial charge in [0, 0.05) is 28.8 Å². The third kappa shape index (κ3) is 6.79. The standard InChI is InChI=1S/C31H25ClFN5O4/c1-18-3-7-21(8-4-18)30-37-29(38-42-30)24-11-6-20(13-26(24)33)14-28(41-17-39)36-31(40)35-27-12-10-23(16-34-27)22-9-5-19(2)25(32)15-22/h3-13,15-17,28H,14H2,1-2H3,(H2,34,35,36,40). The van der Waals surface area contributed by atoms with Crippen molar-refractivity contribution >= 4 is 29.9 Å². The van der Waals surface area contributed by atoms with Gasteiger partial charge in [-0.15, -0.1) is 0 Å². The number of carbonyl (C=O) groups excluding carboxylic acids is 2. The first-order valence-electron chi connectivity index (χ1n) is 12.9. The van der Waals surface area contributed by atoms with Gasteiger partial charge in [-0.05, 0) is 73.0 Å². The molecule has 9 nitrogen and oxygen atoms in total. The van der Waals surface area contributed by atoms with E-state index in [0.717, 1.165) is 27.8 Å². The number of pyridine rings is 1. The van der Waals surface area contributed by atoms with Crippen molar-refractivity contribution in [3.8, 4) is 34.0 Å². The number of carbonyl (C=O) groups is 2. The number of hydrogen-bond acceptors (Lipinski definition) is 7. The van der Waals surface area contributed by atoms with Gasteiger partial charge in [0.15, 0.2) is 6.23 Å². The molecular weight excluding hydrogens is 561 g/mol. The molecule has 5 aromatic rings. The van der Waals surface area contributed by atoms with Crippen LogP contribution in [0, 0.1) is 19.7 Å². The molecule has 0 saturated heterocycles. The highest BCUT2D eigenvalue weighted by Crippen LogP contribution is 2.27. The second-order valence-corrected chi connectivity index (χ2v) is 9.93. The Morgan fingerprint density at radius 1 is 1.02 bits per heavy atom. The Hall–Kier alpha value is -5.09. The van der Waals surface area contributed by atoms with E-state index in [9.17, 15) is 9.59 Å². The Kier molecular flexibility index (Phi) is 8.54. The Bertz CT molecular complexity index is 1720. The molecule has 0 radical (unpaired) electrons. The van der Waals surface area contributed by atoms with E-state index in [1.54, 1.807) is 24.4 Å². The molecule has 0 aliphatic rings. The van der Waals surface area contributed by atoms with Crippen LogP contribution in [-0.4, -0.2) is 33.9 Å². The molecule has 2 aromatic heterocycles. The zero-order valence-electron chi connectivity index (χ0n) is 22.6. The zero-order valence-corrected chi connectivity index (χ0v) is 23.4. The first-order valence-corrected chi connectivity index (χ1v) is 13.3. The molecule has 0 aliphatic heterocycles. The number of halogens is 2. The van der Waals surface area contributed by atoms with Crippen molar-refractivity contribution in [1.29, 1.82) is 0 Å². The summed E-state index contributed by atoms with van der Waals surface area (Å²) < 4.78 is 25.4. The average Bonchev–Trinajstić information content (AvgIpc) is 3.45. The number of ether oxygens (including phenoxy) is 1. The smallest absolute Gasteiger partial charge is 0.323 e. The van der Waals surface area contributed by atoms with E-state index >= 15 is 4.39 Å². The minimum atomic E-state index is -1.07. The maximum Gasteiger partial charge on any atom is 0.323 e. The SMILES string of the molecule is Cc1ccc(-c2nc(-c3ccc(CC(NC(=O)Nc4ccc(-c5ccc(C)c(Cl)c5)cn4)OC=O)cc3F)no2)cc1. The molecule has 0 bridgehead atoms. The fourth-order valence-corrected chi connectivity index (χ4v) is 4.32. The number of nitrogens with zero attached hydrogens (tertiary/aromatic N) is 3. The summed E-state index contributed by atoms with van der Waals surface area (Å²) in [5.74, 6) is 0.0423. The van der Waals surface area contributed by atoms with Crippen molar-refractivity contribution in [1.82, 2.24) is 20.4 Å². The number of urea groups is 1. The second-order valence-electron chi connectivity index (χ2n) is 9.52. The summed E-state index contributed by atoms with van der Waals surface area (Å²) in [5.41, 5.74) is 5.08. The first-order chi connectivity index (χ1) is 20.3. The van der Waals surface area contributed by atoms with Crippen molar-refractivity contribution < 1.29 is 23.2 Å². The molecule has 1 unspecified atom stereocenters. The van der Waals surface area contributed by atoms with Crippen molar-refractivity contribution in [2.24, 2.45) is 0 Å². The van der Waals surface area contributed by atoms with Crippen LogP contribution in [0.2, 0.25) is 5.02 Å². The van der Waals surface area contributed by atoms with Crippen molar-refractivity contribution in [2.75, 3.05) is 5.32 Å². The van der Waals surface area contributed by atoms with Crippen LogP contribution in [0.15, 0.2) is 83.5 Å². The highest BCUT2D eigenvalue weighted by molar-refractivity contribution is 6.31. The lowest BCUT2D eigenvalue weighted by atomic mass is 10.1. The molecule has 2 N–H and O–H groups in total. The van der Waals surface area contributed by atoms with Gasteiger partial charge >= 0.3 is 6.03 Å². The van der Waals surface area contributed by atoms with Crippen LogP contribution in [0.3, 0.4) is 0 Å². The monoisotopic (exact) mass is 585 g/mol. The van der Waals surface area contributed by atoms with Crippen molar-refractivity contribution in [3.63, 3.8) is 0 Å². The van der Waals surface area contributed by atoms with Crippen LogP contribution in [0.25, 0.3) is 34.0 Å². The Balaban J connectivity index is 1.22. The fourth-order valence-electron chi connectivity index (χ4n) is 4.14. The van der Waals surface area contributed by atoms with E-state index in [2.05, 4.69) is 25.8 Å². The third-order valence-electron chi connectivity index (χ3n) is 6.44. The summed E-state index contributed by atoms with van der Waals surface area (Å²) in [6, 6.07) is 20.3. The van der Waals surface area contributed by atoms with Crippen LogP contribution in [0.5, 0.6) is 0 Å². The number of nitrogens with one attached hydrogen (secondary N) is 2. The fraction of sp³-hybridized carbons (Fsp3) is 0.129. The van der Waals surface area contributed by atoms with E-state index < -0.39 is 18.1 Å². The predicted octanol–water partition coefficient (Wildman–Crippen LogP) is 6.74. The lowest BCUT2D eigenvalue weighted by Crippen LogP contribution is -2.41. The predicted molar refractivity (Wildman–Crippen MR) is 156 cm³/mol. The number of benzene rings is 3. The van der Waals surface area contributed by atoms with E-state index in [1.807, 2.05) is 56.3 Å². The van der Waals surface area contributed by atoms with Gasteiger partial charge in [0.25, 0.3) is 12.4 Å². The minimum Gasteiger partial charge on any atom is -0.443 e. The highest BCUT2D eigenvalue weighted by Gasteiger charge is 2.18. The number of amides is 2. The van der Waals surface area contributed by atoms with E-state index in [4.69, 9.17) is 20.9 Å². The molecule has 0 saturated carbocycles. The van der Waals surface area contributed by atoms with E-state index in [0.29, 0.717) is 10.6 Å². The third-order valence-corrected chi connectivity index (χ3v) is 6.85. The lowest BCUT2D eigenvalue weighted by Gasteiger charge is -2.17. The second kappa shape index (κ2) is 12.6. The number of rotatable bonds is 9. The number of hydrogen-bond donors (Lipinski definition) is 2. The van der Waals surface area contributed by atoms with Crippen LogP contribution in [0.4, 0.5) is 15.0 Å². The summed E-state index contributed by atoms with van der Waals surface area (Å²) in [6.07, 6.45) is 0.540. The van der Waals surface area contributed by atoms with Crippen LogP contribution < -0.4 is 10.6 Å². The van der Waals surface area contributed by atoms with Gasteiger partial charge in [-0.1, -0.05) is 52.7 Å². The Morgan fingerprint density at radius 2 is 1.79 bits per heavy atom. The van der Waals surface area contributed by atoms with Gasteiger partial charge < -0.3 is 14.6 Å². The molecule has 0 aliphatic carbocycles. The van der Waals surface area contributed by atoms with E-state index in [-0.39, 0.29) is 36.0 Å². The molecule has 0 spiro atoms. The largest absolute Gasteiger partial charge is 0.443 e. The van der Waals surface area contributed by atoms with Crippen LogP contribution >= 0.6 is 11.6 Å². The molecule has 1 atom stereocenters. The van der Waals surface area contributed by atoms with Crippen LogP contribution in [-0.2, 0) is 16.0 Å². The Morgan fingerprint density at radius 3 is 2.48 bits per heavy atom. The molecule has 0 fully saturated rings. The molecule has 3 aromatic carbocycles. The topological polar surface area (TPSA) is 119 Å². The van der Waals surface area contributed by atoms with Crippen LogP contribution in [0.1, 0.15) is 16.7 Å². The maximum atomic E-state index is 15.0. The molecule has 212 valence electrons. The molecule has 11 heteroatoms. The lowest BCUT2D eigenvalue weighted by molar-refractivity contribution is -0.134. The highest BCUT2D eigenvalue weighted by atomic mass is 35.5. The number of aryl methyl sites for hydroxylation is 2. The molecule has 2 heterocycles. The van der Waals surface area contributed by atoms with Crippen molar-refractivity contribution in [3.05, 3.63) is 107 Å². The number of aromatic nitrogens is 3. The van der Waals surface area contributed by atoms with Gasteiger partial charge in [-0.2, -0.15) is 4.98 Å². The number of anilines is 1. The Labute approximate surface area is 245 Å². The first kappa shape index (κ1) is 28.4. The summed E-state index contributed by atoms with van der Waals surface area (Å²) in [4.78, 5) is 32.3. The minimum absolute atomic E-state index is 0.00473. The van der Waals surface area contributed by atoms with Gasteiger partial charge in [0.1, 0.15) is 11.6 Å². The molecule has 42 heavy (non-hydrogen) atoms. The van der Waals surface area contributed by atoms with Gasteiger partial charge in [-0.3, -0.25) is 10.1 Å². The summed E-state index contributed by atoms with van der Waals surface area (Å²) in [5, 5.41) is 9.68. The average molecular weight is 586 g/mol. The maximum absolute atomic E-state index is 15.0.